The zero-order valence-electron chi connectivity index (χ0n) is 20.7. The number of carbonyl (C=O) groups is 1. The van der Waals surface area contributed by atoms with Crippen LogP contribution in [0.3, 0.4) is 0 Å². The largest absolute Gasteiger partial charge is 0.496 e. The molecule has 0 radical (unpaired) electrons. The number of fused-ring (bicyclic) bond motifs is 1. The van der Waals surface area contributed by atoms with Crippen LogP contribution in [-0.2, 0) is 9.53 Å². The van der Waals surface area contributed by atoms with Crippen LogP contribution in [0.1, 0.15) is 31.0 Å². The van der Waals surface area contributed by atoms with Gasteiger partial charge in [-0.25, -0.2) is 9.79 Å². The van der Waals surface area contributed by atoms with E-state index in [9.17, 15) is 9.59 Å². The van der Waals surface area contributed by atoms with E-state index in [0.717, 1.165) is 24.0 Å². The Balaban J connectivity index is 1.91. The van der Waals surface area contributed by atoms with Crippen LogP contribution in [0.25, 0.3) is 6.08 Å². The third-order valence-electron chi connectivity index (χ3n) is 5.67. The first-order valence-corrected chi connectivity index (χ1v) is 15.2. The van der Waals surface area contributed by atoms with E-state index in [2.05, 4.69) is 72.7 Å². The summed E-state index contributed by atoms with van der Waals surface area (Å²) in [5, 5.41) is 0. The highest BCUT2D eigenvalue weighted by Gasteiger charge is 2.33. The quantitative estimate of drug-likeness (QED) is 0.174. The van der Waals surface area contributed by atoms with Gasteiger partial charge in [-0.3, -0.25) is 9.36 Å². The van der Waals surface area contributed by atoms with Gasteiger partial charge in [0.1, 0.15) is 18.1 Å². The Kier molecular flexibility index (Phi) is 9.53. The van der Waals surface area contributed by atoms with Crippen molar-refractivity contribution in [3.8, 4) is 11.5 Å². The van der Waals surface area contributed by atoms with Crippen molar-refractivity contribution >= 4 is 84.5 Å². The SMILES string of the molecule is C=CCOc1c(I)cc(/C=c2/sc3n(c2=O)[C@H](c2ccc(OC)c(Br)c2)C(C(=O)OCC)=C(C)N=3)cc1I. The summed E-state index contributed by atoms with van der Waals surface area (Å²) in [5.74, 6) is 0.924. The Bertz CT molecular complexity index is 1620. The van der Waals surface area contributed by atoms with E-state index in [-0.39, 0.29) is 12.2 Å². The molecule has 0 saturated heterocycles. The maximum Gasteiger partial charge on any atom is 0.338 e. The van der Waals surface area contributed by atoms with Crippen LogP contribution in [0, 0.1) is 7.14 Å². The summed E-state index contributed by atoms with van der Waals surface area (Å²) in [7, 11) is 1.58. The Morgan fingerprint density at radius 2 is 1.97 bits per heavy atom. The highest BCUT2D eigenvalue weighted by atomic mass is 127. The summed E-state index contributed by atoms with van der Waals surface area (Å²) < 4.78 is 21.2. The van der Waals surface area contributed by atoms with E-state index in [4.69, 9.17) is 14.2 Å². The van der Waals surface area contributed by atoms with Gasteiger partial charge in [-0.15, -0.1) is 0 Å². The van der Waals surface area contributed by atoms with Gasteiger partial charge in [0.15, 0.2) is 4.80 Å². The molecule has 38 heavy (non-hydrogen) atoms. The molecule has 0 N–H and O–H groups in total. The average molecular weight is 821 g/mol. The zero-order chi connectivity index (χ0) is 27.6. The second-order valence-corrected chi connectivity index (χ2v) is 12.3. The fourth-order valence-corrected chi connectivity index (χ4v) is 7.79. The molecule has 0 unspecified atom stereocenters. The summed E-state index contributed by atoms with van der Waals surface area (Å²) in [6.45, 7) is 7.84. The number of benzene rings is 2. The van der Waals surface area contributed by atoms with Crippen LogP contribution in [0.2, 0.25) is 0 Å². The first-order valence-electron chi connectivity index (χ1n) is 11.5. The minimum Gasteiger partial charge on any atom is -0.496 e. The third kappa shape index (κ3) is 5.80. The molecule has 7 nitrogen and oxygen atoms in total. The van der Waals surface area contributed by atoms with Gasteiger partial charge in [0.25, 0.3) is 5.56 Å². The molecule has 1 aliphatic heterocycles. The van der Waals surface area contributed by atoms with Crippen LogP contribution >= 0.6 is 72.4 Å². The van der Waals surface area contributed by atoms with Gasteiger partial charge in [-0.1, -0.05) is 30.1 Å². The van der Waals surface area contributed by atoms with Crippen molar-refractivity contribution in [3.63, 3.8) is 0 Å². The highest BCUT2D eigenvalue weighted by Crippen LogP contribution is 2.35. The Morgan fingerprint density at radius 3 is 2.58 bits per heavy atom. The lowest BCUT2D eigenvalue weighted by Crippen LogP contribution is -2.40. The van der Waals surface area contributed by atoms with Crippen LogP contribution in [0.15, 0.2) is 68.5 Å². The van der Waals surface area contributed by atoms with Crippen molar-refractivity contribution in [2.24, 2.45) is 4.99 Å². The maximum absolute atomic E-state index is 13.9. The standard InChI is InChI=1S/C27H23BrI2N2O5S/c1-5-9-37-24-18(29)10-15(11-19(24)30)12-21-25(33)32-23(16-7-8-20(35-4)17(28)13-16)22(26(34)36-6-2)14(3)31-27(32)38-21/h5,7-8,10-13,23H,1,6,9H2,2-4H3/b21-12+/t23-/m1/s1. The number of hydrogen-bond acceptors (Lipinski definition) is 7. The van der Waals surface area contributed by atoms with Crippen molar-refractivity contribution in [2.75, 3.05) is 20.3 Å². The minimum absolute atomic E-state index is 0.211. The van der Waals surface area contributed by atoms with Crippen LogP contribution < -0.4 is 24.4 Å². The number of aromatic nitrogens is 1. The fourth-order valence-electron chi connectivity index (χ4n) is 4.05. The van der Waals surface area contributed by atoms with Gasteiger partial charge in [0.2, 0.25) is 0 Å². The molecule has 2 aromatic carbocycles. The molecule has 198 valence electrons. The summed E-state index contributed by atoms with van der Waals surface area (Å²) in [4.78, 5) is 32.1. The maximum atomic E-state index is 13.9. The lowest BCUT2D eigenvalue weighted by Gasteiger charge is -2.25. The van der Waals surface area contributed by atoms with Gasteiger partial charge in [-0.2, -0.15) is 0 Å². The molecule has 0 aliphatic carbocycles. The van der Waals surface area contributed by atoms with E-state index in [1.807, 2.05) is 30.3 Å². The monoisotopic (exact) mass is 820 g/mol. The Hall–Kier alpha value is -1.97. The summed E-state index contributed by atoms with van der Waals surface area (Å²) >= 11 is 9.26. The summed E-state index contributed by atoms with van der Waals surface area (Å²) in [5.41, 5.74) is 2.20. The third-order valence-corrected chi connectivity index (χ3v) is 8.88. The molecule has 3 aromatic rings. The zero-order valence-corrected chi connectivity index (χ0v) is 27.4. The Morgan fingerprint density at radius 1 is 1.26 bits per heavy atom. The first kappa shape index (κ1) is 29.0. The predicted molar refractivity (Wildman–Crippen MR) is 169 cm³/mol. The summed E-state index contributed by atoms with van der Waals surface area (Å²) in [6, 6.07) is 8.72. The number of halogens is 3. The molecular formula is C27H23BrI2N2O5S. The molecule has 0 bridgehead atoms. The van der Waals surface area contributed by atoms with Crippen molar-refractivity contribution in [2.45, 2.75) is 19.9 Å². The second kappa shape index (κ2) is 12.5. The predicted octanol–water partition coefficient (Wildman–Crippen LogP) is 5.34. The van der Waals surface area contributed by atoms with Gasteiger partial charge in [0.05, 0.1) is 47.2 Å². The van der Waals surface area contributed by atoms with Crippen molar-refractivity contribution < 1.29 is 19.0 Å². The van der Waals surface area contributed by atoms with Gasteiger partial charge < -0.3 is 14.2 Å². The average Bonchev–Trinajstić information content (AvgIpc) is 3.16. The number of allylic oxidation sites excluding steroid dienone is 1. The Labute approximate surface area is 259 Å². The molecule has 0 spiro atoms. The van der Waals surface area contributed by atoms with E-state index in [1.54, 1.807) is 37.7 Å². The van der Waals surface area contributed by atoms with Gasteiger partial charge in [-0.05, 0) is 116 Å². The number of carbonyl (C=O) groups excluding carboxylic acids is 1. The topological polar surface area (TPSA) is 79.1 Å². The molecule has 1 aliphatic rings. The molecule has 0 saturated carbocycles. The fraction of sp³-hybridized carbons (Fsp3) is 0.222. The number of esters is 1. The molecule has 1 atom stereocenters. The lowest BCUT2D eigenvalue weighted by molar-refractivity contribution is -0.139. The number of ether oxygens (including phenoxy) is 3. The van der Waals surface area contributed by atoms with Crippen molar-refractivity contribution in [1.82, 2.24) is 4.57 Å². The number of thiazole rings is 1. The number of methoxy groups -OCH3 is 1. The molecule has 11 heteroatoms. The van der Waals surface area contributed by atoms with Crippen molar-refractivity contribution in [3.05, 3.63) is 96.7 Å². The number of nitrogens with zero attached hydrogens (tertiary/aromatic N) is 2. The van der Waals surface area contributed by atoms with Crippen molar-refractivity contribution in [1.29, 1.82) is 0 Å². The molecule has 4 rings (SSSR count). The molecule has 2 heterocycles. The molecule has 1 aromatic heterocycles. The molecular weight excluding hydrogens is 798 g/mol. The van der Waals surface area contributed by atoms with E-state index in [0.29, 0.717) is 37.4 Å². The lowest BCUT2D eigenvalue weighted by atomic mass is 9.96. The van der Waals surface area contributed by atoms with Crippen LogP contribution in [-0.4, -0.2) is 30.9 Å². The minimum atomic E-state index is -0.704. The highest BCUT2D eigenvalue weighted by molar-refractivity contribution is 14.1. The van der Waals surface area contributed by atoms with E-state index < -0.39 is 12.0 Å². The van der Waals surface area contributed by atoms with Gasteiger partial charge >= 0.3 is 5.97 Å². The van der Waals surface area contributed by atoms with Crippen LogP contribution in [0.5, 0.6) is 11.5 Å². The first-order chi connectivity index (χ1) is 18.2. The van der Waals surface area contributed by atoms with E-state index >= 15 is 0 Å². The molecule has 0 amide bonds. The normalized spacial score (nSPS) is 15.1. The smallest absolute Gasteiger partial charge is 0.338 e. The van der Waals surface area contributed by atoms with E-state index in [1.165, 1.54) is 11.3 Å². The number of rotatable bonds is 8. The van der Waals surface area contributed by atoms with Gasteiger partial charge in [0, 0.05) is 0 Å². The summed E-state index contributed by atoms with van der Waals surface area (Å²) in [6.07, 6.45) is 3.54. The number of hydrogen-bond donors (Lipinski definition) is 0. The second-order valence-electron chi connectivity index (χ2n) is 8.11. The molecule has 0 fully saturated rings. The van der Waals surface area contributed by atoms with Crippen LogP contribution in [0.4, 0.5) is 0 Å².